The van der Waals surface area contributed by atoms with Crippen LogP contribution in [0.1, 0.15) is 22.2 Å². The predicted octanol–water partition coefficient (Wildman–Crippen LogP) is -1.35. The first-order valence-corrected chi connectivity index (χ1v) is 5.24. The third-order valence-corrected chi connectivity index (χ3v) is 2.65. The van der Waals surface area contributed by atoms with E-state index in [-0.39, 0.29) is 1.43 Å². The summed E-state index contributed by atoms with van der Waals surface area (Å²) in [6.07, 6.45) is 0.769. The monoisotopic (exact) mass is 231 g/mol. The predicted molar refractivity (Wildman–Crippen MR) is 58.1 cm³/mol. The fourth-order valence-electron chi connectivity index (χ4n) is 0.807. The zero-order valence-corrected chi connectivity index (χ0v) is 10.4. The van der Waals surface area contributed by atoms with Gasteiger partial charge in [0.25, 0.3) is 0 Å². The van der Waals surface area contributed by atoms with Crippen molar-refractivity contribution in [1.29, 1.82) is 0 Å². The fraction of sp³-hybridized carbons (Fsp3) is 0.636. The maximum atomic E-state index is 9.41. The highest BCUT2D eigenvalue weighted by Crippen LogP contribution is 1.97. The van der Waals surface area contributed by atoms with Crippen molar-refractivity contribution in [1.82, 2.24) is 0 Å². The molecule has 0 fully saturated rings. The first kappa shape index (κ1) is 17.0. The molecule has 0 atom stereocenters. The van der Waals surface area contributed by atoms with Gasteiger partial charge >= 0.3 is 1.43 Å². The average Bonchev–Trinajstić information content (AvgIpc) is 2.26. The number of hydrogen-bond donors (Lipinski definition) is 0. The summed E-state index contributed by atoms with van der Waals surface area (Å²) in [4.78, 5) is 18.8. The Morgan fingerprint density at radius 3 is 1.31 bits per heavy atom. The highest BCUT2D eigenvalue weighted by Gasteiger charge is 2.10. The molecule has 0 aliphatic heterocycles. The molecule has 0 unspecified atom stereocenters. The third kappa shape index (κ3) is 10.7. The lowest BCUT2D eigenvalue weighted by Gasteiger charge is -2.30. The first-order chi connectivity index (χ1) is 7.31. The van der Waals surface area contributed by atoms with Crippen LogP contribution < -0.4 is 10.2 Å². The topological polar surface area (TPSA) is 80.3 Å². The molecule has 0 N–H and O–H groups in total. The SMILES string of the molecule is CC[N+](C)(CC)CC.O=C([O-])/C=C\C(=O)[O-].[H+]. The Kier molecular flexibility index (Phi) is 9.49. The summed E-state index contributed by atoms with van der Waals surface area (Å²) >= 11 is 0. The van der Waals surface area contributed by atoms with Gasteiger partial charge in [-0.05, 0) is 32.9 Å². The van der Waals surface area contributed by atoms with E-state index in [0.29, 0.717) is 12.2 Å². The number of quaternary nitrogens is 1. The lowest BCUT2D eigenvalue weighted by molar-refractivity contribution is -0.904. The minimum absolute atomic E-state index is 0. The number of aliphatic carboxylic acids is 2. The van der Waals surface area contributed by atoms with Gasteiger partial charge in [0, 0.05) is 0 Å². The fourth-order valence-corrected chi connectivity index (χ4v) is 0.807. The number of carboxylic acids is 2. The molecule has 0 aromatic carbocycles. The number of rotatable bonds is 5. The van der Waals surface area contributed by atoms with Crippen LogP contribution in [-0.2, 0) is 9.59 Å². The molecule has 0 rings (SSSR count). The van der Waals surface area contributed by atoms with Gasteiger partial charge in [-0.1, -0.05) is 0 Å². The van der Waals surface area contributed by atoms with Crippen LogP contribution in [0.2, 0.25) is 0 Å². The summed E-state index contributed by atoms with van der Waals surface area (Å²) in [5, 5.41) is 18.8. The maximum Gasteiger partial charge on any atom is 1.00 e. The molecule has 0 aromatic rings. The van der Waals surface area contributed by atoms with Gasteiger partial charge in [-0.2, -0.15) is 0 Å². The van der Waals surface area contributed by atoms with Crippen molar-refractivity contribution in [3.63, 3.8) is 0 Å². The van der Waals surface area contributed by atoms with Crippen LogP contribution in [0.5, 0.6) is 0 Å². The van der Waals surface area contributed by atoms with Crippen molar-refractivity contribution in [2.45, 2.75) is 20.8 Å². The number of hydrogen-bond acceptors (Lipinski definition) is 4. The van der Waals surface area contributed by atoms with Gasteiger partial charge in [0.1, 0.15) is 0 Å². The van der Waals surface area contributed by atoms with E-state index in [1.165, 1.54) is 24.1 Å². The van der Waals surface area contributed by atoms with Gasteiger partial charge in [-0.25, -0.2) is 0 Å². The second kappa shape index (κ2) is 8.91. The Bertz CT molecular complexity index is 226. The van der Waals surface area contributed by atoms with E-state index in [1.54, 1.807) is 0 Å². The molecular weight excluding hydrogens is 210 g/mol. The normalized spacial score (nSPS) is 10.8. The standard InChI is InChI=1S/C7H18N.C4H4O4/c1-5-8(4,6-2)7-3;5-3(6)1-2-4(7)8/h5-7H2,1-4H3;1-2H,(H,5,6)(H,7,8)/q+1;/p-1/b;2-1-. The van der Waals surface area contributed by atoms with Crippen LogP contribution in [0.4, 0.5) is 0 Å². The van der Waals surface area contributed by atoms with Gasteiger partial charge in [0.15, 0.2) is 0 Å². The highest BCUT2D eigenvalue weighted by atomic mass is 16.4. The zero-order valence-electron chi connectivity index (χ0n) is 11.4. The van der Waals surface area contributed by atoms with Crippen LogP contribution in [0, 0.1) is 0 Å². The average molecular weight is 231 g/mol. The van der Waals surface area contributed by atoms with E-state index >= 15 is 0 Å². The summed E-state index contributed by atoms with van der Waals surface area (Å²) in [6, 6.07) is 0. The molecule has 0 aliphatic carbocycles. The lowest BCUT2D eigenvalue weighted by atomic mass is 10.4. The Balaban J connectivity index is -0.000000218. The molecular formula is C11H21NO4. The Morgan fingerprint density at radius 1 is 1.00 bits per heavy atom. The third-order valence-electron chi connectivity index (χ3n) is 2.65. The van der Waals surface area contributed by atoms with Crippen molar-refractivity contribution >= 4 is 11.9 Å². The molecule has 0 aliphatic rings. The van der Waals surface area contributed by atoms with E-state index in [4.69, 9.17) is 0 Å². The van der Waals surface area contributed by atoms with Crippen LogP contribution in [-0.4, -0.2) is 43.1 Å². The van der Waals surface area contributed by atoms with Crippen molar-refractivity contribution in [3.05, 3.63) is 12.2 Å². The van der Waals surface area contributed by atoms with Gasteiger partial charge < -0.3 is 24.3 Å². The molecule has 0 saturated carbocycles. The molecule has 16 heavy (non-hydrogen) atoms. The van der Waals surface area contributed by atoms with Gasteiger partial charge in [-0.15, -0.1) is 0 Å². The highest BCUT2D eigenvalue weighted by molar-refractivity contribution is 5.87. The largest absolute Gasteiger partial charge is 1.00 e. The summed E-state index contributed by atoms with van der Waals surface area (Å²) in [5.41, 5.74) is 0. The van der Waals surface area contributed by atoms with Crippen molar-refractivity contribution in [2.75, 3.05) is 26.7 Å². The van der Waals surface area contributed by atoms with E-state index in [2.05, 4.69) is 27.8 Å². The van der Waals surface area contributed by atoms with Crippen molar-refractivity contribution < 1.29 is 25.7 Å². The molecule has 0 saturated heterocycles. The van der Waals surface area contributed by atoms with E-state index in [1.807, 2.05) is 0 Å². The minimum Gasteiger partial charge on any atom is -0.545 e. The molecule has 5 nitrogen and oxygen atoms in total. The lowest BCUT2D eigenvalue weighted by Crippen LogP contribution is -2.42. The summed E-state index contributed by atoms with van der Waals surface area (Å²) in [6.45, 7) is 10.5. The van der Waals surface area contributed by atoms with Crippen LogP contribution in [0.3, 0.4) is 0 Å². The minimum atomic E-state index is -1.55. The second-order valence-corrected chi connectivity index (χ2v) is 3.54. The molecule has 0 bridgehead atoms. The van der Waals surface area contributed by atoms with E-state index in [0.717, 1.165) is 0 Å². The number of carboxylic acid groups (broad SMARTS) is 2. The summed E-state index contributed by atoms with van der Waals surface area (Å²) in [5.74, 6) is -3.09. The van der Waals surface area contributed by atoms with Crippen molar-refractivity contribution in [2.24, 2.45) is 0 Å². The van der Waals surface area contributed by atoms with E-state index in [9.17, 15) is 19.8 Å². The summed E-state index contributed by atoms with van der Waals surface area (Å²) in [7, 11) is 2.29. The number of carbonyl (C=O) groups excluding carboxylic acids is 2. The molecule has 0 aromatic heterocycles. The molecule has 0 radical (unpaired) electrons. The number of nitrogens with zero attached hydrogens (tertiary/aromatic N) is 1. The zero-order chi connectivity index (χ0) is 13.2. The van der Waals surface area contributed by atoms with Gasteiger partial charge in [0.2, 0.25) is 0 Å². The Hall–Kier alpha value is -1.36. The Labute approximate surface area is 98.1 Å². The Morgan fingerprint density at radius 2 is 1.25 bits per heavy atom. The number of carbonyl (C=O) groups is 2. The smallest absolute Gasteiger partial charge is 0.545 e. The quantitative estimate of drug-likeness (QED) is 0.432. The summed E-state index contributed by atoms with van der Waals surface area (Å²) < 4.78 is 1.21. The van der Waals surface area contributed by atoms with Crippen LogP contribution in [0.15, 0.2) is 12.2 Å². The maximum absolute atomic E-state index is 9.41. The molecule has 0 heterocycles. The second-order valence-electron chi connectivity index (χ2n) is 3.54. The van der Waals surface area contributed by atoms with Gasteiger partial charge in [0.05, 0.1) is 38.6 Å². The molecule has 0 spiro atoms. The van der Waals surface area contributed by atoms with Gasteiger partial charge in [-0.3, -0.25) is 0 Å². The first-order valence-electron chi connectivity index (χ1n) is 5.24. The molecule has 0 amide bonds. The van der Waals surface area contributed by atoms with Crippen molar-refractivity contribution in [3.8, 4) is 0 Å². The molecule has 94 valence electrons. The molecule has 5 heteroatoms. The van der Waals surface area contributed by atoms with E-state index < -0.39 is 11.9 Å². The van der Waals surface area contributed by atoms with Crippen LogP contribution >= 0.6 is 0 Å². The van der Waals surface area contributed by atoms with Crippen LogP contribution in [0.25, 0.3) is 0 Å².